The van der Waals surface area contributed by atoms with Crippen LogP contribution in [-0.2, 0) is 9.72 Å². The predicted molar refractivity (Wildman–Crippen MR) is 141 cm³/mol. The minimum Gasteiger partial charge on any atom is -0.507 e. The van der Waals surface area contributed by atoms with Gasteiger partial charge in [0.05, 0.1) is 0 Å². The smallest absolute Gasteiger partial charge is 0.409 e. The minimum absolute atomic E-state index is 0.0150. The van der Waals surface area contributed by atoms with Crippen molar-refractivity contribution in [3.05, 3.63) is 123 Å². The standard InChI is InChI=1S/C28H22Cl2F3O2P/c1-18-16-21(17-19(2)26(18)34)27(28(31,32)33,20-6-4-3-5-7-20)36(35,24-12-8-22(29)9-13-24)25-14-10-23(30)11-15-25/h3-17,34H,1-2H3. The van der Waals surface area contributed by atoms with Crippen molar-refractivity contribution in [2.45, 2.75) is 25.2 Å². The Kier molecular flexibility index (Phi) is 7.04. The number of phenolic OH excluding ortho intramolecular Hbond substituents is 1. The van der Waals surface area contributed by atoms with Crippen LogP contribution in [0.25, 0.3) is 0 Å². The predicted octanol–water partition coefficient (Wildman–Crippen LogP) is 8.14. The van der Waals surface area contributed by atoms with Crippen LogP contribution in [0.5, 0.6) is 5.75 Å². The number of aromatic hydroxyl groups is 1. The molecule has 0 saturated heterocycles. The van der Waals surface area contributed by atoms with Gasteiger partial charge in [0.2, 0.25) is 0 Å². The highest BCUT2D eigenvalue weighted by Crippen LogP contribution is 2.71. The third-order valence-electron chi connectivity index (χ3n) is 6.36. The number of benzene rings is 4. The zero-order chi connectivity index (χ0) is 26.3. The molecule has 4 aromatic rings. The molecule has 8 heteroatoms. The monoisotopic (exact) mass is 548 g/mol. The van der Waals surface area contributed by atoms with Crippen LogP contribution in [0.4, 0.5) is 13.2 Å². The lowest BCUT2D eigenvalue weighted by Gasteiger charge is -2.43. The van der Waals surface area contributed by atoms with E-state index in [4.69, 9.17) is 23.2 Å². The van der Waals surface area contributed by atoms with Crippen LogP contribution in [0.3, 0.4) is 0 Å². The van der Waals surface area contributed by atoms with Crippen LogP contribution in [0, 0.1) is 13.8 Å². The van der Waals surface area contributed by atoms with Crippen LogP contribution in [0.1, 0.15) is 22.3 Å². The van der Waals surface area contributed by atoms with Crippen molar-refractivity contribution in [1.29, 1.82) is 0 Å². The summed E-state index contributed by atoms with van der Waals surface area (Å²) in [6, 6.07) is 21.0. The van der Waals surface area contributed by atoms with Gasteiger partial charge in [-0.05, 0) is 84.6 Å². The largest absolute Gasteiger partial charge is 0.507 e. The molecule has 36 heavy (non-hydrogen) atoms. The van der Waals surface area contributed by atoms with E-state index in [1.165, 1.54) is 98.8 Å². The second-order valence-corrected chi connectivity index (χ2v) is 12.4. The van der Waals surface area contributed by atoms with Crippen LogP contribution >= 0.6 is 30.3 Å². The van der Waals surface area contributed by atoms with Crippen LogP contribution in [0.15, 0.2) is 91.0 Å². The molecule has 0 saturated carbocycles. The number of phenols is 1. The SMILES string of the molecule is Cc1cc(C(c2ccccc2)(C(F)(F)F)P(=O)(c2ccc(Cl)cc2)c2ccc(Cl)cc2)cc(C)c1O. The fourth-order valence-corrected chi connectivity index (χ4v) is 8.54. The Morgan fingerprint density at radius 1 is 0.694 bits per heavy atom. The molecule has 1 N–H and O–H groups in total. The number of hydrogen-bond acceptors (Lipinski definition) is 2. The first-order valence-electron chi connectivity index (χ1n) is 11.0. The van der Waals surface area contributed by atoms with Gasteiger partial charge < -0.3 is 9.67 Å². The summed E-state index contributed by atoms with van der Waals surface area (Å²) in [5.74, 6) is -0.115. The molecule has 0 aromatic heterocycles. The lowest BCUT2D eigenvalue weighted by molar-refractivity contribution is -0.154. The molecule has 1 atom stereocenters. The van der Waals surface area contributed by atoms with Crippen molar-refractivity contribution in [2.24, 2.45) is 0 Å². The molecular formula is C28H22Cl2F3O2P. The van der Waals surface area contributed by atoms with E-state index in [1.54, 1.807) is 6.07 Å². The molecule has 4 rings (SSSR count). The van der Waals surface area contributed by atoms with Crippen molar-refractivity contribution in [1.82, 2.24) is 0 Å². The van der Waals surface area contributed by atoms with E-state index in [0.717, 1.165) is 0 Å². The maximum atomic E-state index is 15.8. The summed E-state index contributed by atoms with van der Waals surface area (Å²) >= 11 is 12.1. The van der Waals surface area contributed by atoms with Gasteiger partial charge in [-0.1, -0.05) is 65.7 Å². The Balaban J connectivity index is 2.29. The molecule has 0 amide bonds. The van der Waals surface area contributed by atoms with Crippen molar-refractivity contribution in [3.63, 3.8) is 0 Å². The van der Waals surface area contributed by atoms with Gasteiger partial charge in [-0.15, -0.1) is 0 Å². The summed E-state index contributed by atoms with van der Waals surface area (Å²) in [5.41, 5.74) is 0.0686. The molecule has 0 aliphatic rings. The third-order valence-corrected chi connectivity index (χ3v) is 10.6. The van der Waals surface area contributed by atoms with Gasteiger partial charge in [0, 0.05) is 20.7 Å². The molecule has 0 aliphatic carbocycles. The third kappa shape index (κ3) is 4.14. The van der Waals surface area contributed by atoms with E-state index >= 15 is 17.7 Å². The molecule has 4 aromatic carbocycles. The first-order chi connectivity index (χ1) is 16.9. The Bertz CT molecular complexity index is 1360. The highest BCUT2D eigenvalue weighted by atomic mass is 35.5. The van der Waals surface area contributed by atoms with Gasteiger partial charge in [0.25, 0.3) is 0 Å². The van der Waals surface area contributed by atoms with Crippen molar-refractivity contribution in [3.8, 4) is 5.75 Å². The highest BCUT2D eigenvalue weighted by Gasteiger charge is 2.68. The van der Waals surface area contributed by atoms with Crippen molar-refractivity contribution in [2.75, 3.05) is 0 Å². The molecule has 0 bridgehead atoms. The quantitative estimate of drug-likeness (QED) is 0.255. The Labute approximate surface area is 217 Å². The van der Waals surface area contributed by atoms with E-state index in [1.807, 2.05) is 0 Å². The van der Waals surface area contributed by atoms with E-state index in [2.05, 4.69) is 0 Å². The summed E-state index contributed by atoms with van der Waals surface area (Å²) in [4.78, 5) is 0. The van der Waals surface area contributed by atoms with Crippen LogP contribution in [-0.4, -0.2) is 11.3 Å². The maximum absolute atomic E-state index is 15.8. The van der Waals surface area contributed by atoms with Gasteiger partial charge >= 0.3 is 6.18 Å². The minimum atomic E-state index is -5.03. The van der Waals surface area contributed by atoms with E-state index in [0.29, 0.717) is 10.0 Å². The molecule has 0 fully saturated rings. The van der Waals surface area contributed by atoms with Gasteiger partial charge in [0.1, 0.15) is 5.75 Å². The molecule has 0 aliphatic heterocycles. The molecule has 1 unspecified atom stereocenters. The fourth-order valence-electron chi connectivity index (χ4n) is 4.72. The maximum Gasteiger partial charge on any atom is 0.409 e. The van der Waals surface area contributed by atoms with E-state index < -0.39 is 18.5 Å². The van der Waals surface area contributed by atoms with E-state index in [-0.39, 0.29) is 38.6 Å². The fraction of sp³-hybridized carbons (Fsp3) is 0.143. The second-order valence-electron chi connectivity index (χ2n) is 8.59. The van der Waals surface area contributed by atoms with Gasteiger partial charge in [0.15, 0.2) is 12.3 Å². The number of hydrogen-bond donors (Lipinski definition) is 1. The lowest BCUT2D eigenvalue weighted by Crippen LogP contribution is -2.48. The van der Waals surface area contributed by atoms with Gasteiger partial charge in [-0.25, -0.2) is 0 Å². The van der Waals surface area contributed by atoms with Crippen LogP contribution in [0.2, 0.25) is 10.0 Å². The van der Waals surface area contributed by atoms with Gasteiger partial charge in [-0.2, -0.15) is 13.2 Å². The first-order valence-corrected chi connectivity index (χ1v) is 13.4. The lowest BCUT2D eigenvalue weighted by atomic mass is 9.87. The Hall–Kier alpha value is -2.72. The number of alkyl halides is 3. The summed E-state index contributed by atoms with van der Waals surface area (Å²) < 4.78 is 63.1. The summed E-state index contributed by atoms with van der Waals surface area (Å²) in [6.07, 6.45) is -5.03. The number of halogens is 5. The van der Waals surface area contributed by atoms with Crippen molar-refractivity contribution >= 4 is 41.0 Å². The highest BCUT2D eigenvalue weighted by molar-refractivity contribution is 7.80. The second kappa shape index (κ2) is 9.63. The van der Waals surface area contributed by atoms with Gasteiger partial charge in [-0.3, -0.25) is 0 Å². The summed E-state index contributed by atoms with van der Waals surface area (Å²) in [5, 5.41) is 7.97. The first kappa shape index (κ1) is 26.3. The van der Waals surface area contributed by atoms with Crippen LogP contribution < -0.4 is 10.6 Å². The molecule has 0 radical (unpaired) electrons. The topological polar surface area (TPSA) is 37.3 Å². The number of aryl methyl sites for hydroxylation is 2. The molecule has 2 nitrogen and oxygen atoms in total. The number of rotatable bonds is 5. The normalized spacial score (nSPS) is 13.9. The molecule has 186 valence electrons. The Morgan fingerprint density at radius 3 is 1.50 bits per heavy atom. The average Bonchev–Trinajstić information content (AvgIpc) is 2.83. The zero-order valence-electron chi connectivity index (χ0n) is 19.4. The van der Waals surface area contributed by atoms with E-state index in [9.17, 15) is 5.11 Å². The summed E-state index contributed by atoms with van der Waals surface area (Å²) in [6.45, 7) is 3.04. The average molecular weight is 549 g/mol. The molecule has 0 spiro atoms. The summed E-state index contributed by atoms with van der Waals surface area (Å²) in [7, 11) is -4.65. The molecule has 0 heterocycles. The molecular weight excluding hydrogens is 527 g/mol. The van der Waals surface area contributed by atoms with Crippen molar-refractivity contribution < 1.29 is 22.8 Å². The Morgan fingerprint density at radius 2 is 1.11 bits per heavy atom. The zero-order valence-corrected chi connectivity index (χ0v) is 21.8.